The topological polar surface area (TPSA) is 98.8 Å². The summed E-state index contributed by atoms with van der Waals surface area (Å²) in [5, 5.41) is 5.55. The zero-order valence-electron chi connectivity index (χ0n) is 16.9. The maximum atomic E-state index is 12.5. The fourth-order valence-electron chi connectivity index (χ4n) is 2.97. The molecule has 0 aromatic heterocycles. The van der Waals surface area contributed by atoms with Crippen LogP contribution < -0.4 is 10.6 Å². The lowest BCUT2D eigenvalue weighted by atomic mass is 10.2. The van der Waals surface area contributed by atoms with Crippen LogP contribution in [0.4, 0.5) is 5.69 Å². The van der Waals surface area contributed by atoms with Gasteiger partial charge in [0.05, 0.1) is 17.5 Å². The quantitative estimate of drug-likeness (QED) is 0.672. The number of anilines is 1. The summed E-state index contributed by atoms with van der Waals surface area (Å²) in [6, 6.07) is 5.70. The lowest BCUT2D eigenvalue weighted by Crippen LogP contribution is -2.45. The van der Waals surface area contributed by atoms with Crippen molar-refractivity contribution in [2.75, 3.05) is 32.0 Å². The molecule has 0 unspecified atom stereocenters. The molecule has 9 heteroatoms. The van der Waals surface area contributed by atoms with E-state index in [2.05, 4.69) is 10.6 Å². The Kier molecular flexibility index (Phi) is 7.56. The van der Waals surface area contributed by atoms with E-state index < -0.39 is 16.1 Å². The minimum atomic E-state index is -3.47. The number of hydrogen-bond donors (Lipinski definition) is 2. The van der Waals surface area contributed by atoms with Gasteiger partial charge < -0.3 is 10.6 Å². The number of nitrogens with zero attached hydrogens (tertiary/aromatic N) is 2. The number of sulfonamides is 1. The Morgan fingerprint density at radius 1 is 1.11 bits per heavy atom. The molecule has 2 N–H and O–H groups in total. The summed E-state index contributed by atoms with van der Waals surface area (Å²) in [6.07, 6.45) is 1.77. The van der Waals surface area contributed by atoms with E-state index in [1.807, 2.05) is 13.8 Å². The molecule has 1 aromatic carbocycles. The van der Waals surface area contributed by atoms with Crippen molar-refractivity contribution in [1.29, 1.82) is 0 Å². The second-order valence-corrected chi connectivity index (χ2v) is 9.38. The van der Waals surface area contributed by atoms with Gasteiger partial charge in [-0.2, -0.15) is 4.31 Å². The van der Waals surface area contributed by atoms with E-state index in [0.29, 0.717) is 18.8 Å². The first-order valence-corrected chi connectivity index (χ1v) is 11.0. The normalized spacial score (nSPS) is 16.4. The van der Waals surface area contributed by atoms with Crippen LogP contribution >= 0.6 is 0 Å². The van der Waals surface area contributed by atoms with Crippen LogP contribution in [-0.2, 0) is 19.6 Å². The van der Waals surface area contributed by atoms with E-state index in [0.717, 1.165) is 12.8 Å². The molecule has 1 aliphatic heterocycles. The fraction of sp³-hybridized carbons (Fsp3) is 0.579. The van der Waals surface area contributed by atoms with Gasteiger partial charge in [-0.1, -0.05) is 0 Å². The second-order valence-electron chi connectivity index (χ2n) is 7.44. The number of hydrogen-bond acceptors (Lipinski definition) is 5. The van der Waals surface area contributed by atoms with Gasteiger partial charge >= 0.3 is 0 Å². The highest BCUT2D eigenvalue weighted by molar-refractivity contribution is 7.89. The highest BCUT2D eigenvalue weighted by Gasteiger charge is 2.27. The molecule has 1 heterocycles. The first-order valence-electron chi connectivity index (χ1n) is 9.52. The molecular formula is C19H30N4O4S. The van der Waals surface area contributed by atoms with E-state index in [1.54, 1.807) is 31.0 Å². The van der Waals surface area contributed by atoms with E-state index in [4.69, 9.17) is 0 Å². The molecule has 1 aromatic rings. The lowest BCUT2D eigenvalue weighted by Gasteiger charge is -2.24. The first-order chi connectivity index (χ1) is 13.1. The van der Waals surface area contributed by atoms with Crippen molar-refractivity contribution in [1.82, 2.24) is 14.5 Å². The summed E-state index contributed by atoms with van der Waals surface area (Å²) >= 11 is 0. The van der Waals surface area contributed by atoms with Gasteiger partial charge in [-0.25, -0.2) is 8.42 Å². The number of carbonyl (C=O) groups excluding carboxylic acids is 2. The van der Waals surface area contributed by atoms with E-state index in [9.17, 15) is 18.0 Å². The van der Waals surface area contributed by atoms with Crippen LogP contribution in [0, 0.1) is 0 Å². The van der Waals surface area contributed by atoms with Crippen LogP contribution in [0.25, 0.3) is 0 Å². The van der Waals surface area contributed by atoms with Crippen LogP contribution in [0.2, 0.25) is 0 Å². The zero-order valence-corrected chi connectivity index (χ0v) is 17.8. The second kappa shape index (κ2) is 9.49. The van der Waals surface area contributed by atoms with Crippen LogP contribution in [0.1, 0.15) is 33.6 Å². The molecule has 1 saturated heterocycles. The third-order valence-corrected chi connectivity index (χ3v) is 6.62. The van der Waals surface area contributed by atoms with Gasteiger partial charge in [0.1, 0.15) is 0 Å². The van der Waals surface area contributed by atoms with Gasteiger partial charge in [0.25, 0.3) is 0 Å². The fourth-order valence-corrected chi connectivity index (χ4v) is 4.48. The van der Waals surface area contributed by atoms with Crippen LogP contribution in [0.5, 0.6) is 0 Å². The Morgan fingerprint density at radius 3 is 2.21 bits per heavy atom. The van der Waals surface area contributed by atoms with Gasteiger partial charge in [0, 0.05) is 24.8 Å². The molecule has 0 bridgehead atoms. The molecule has 156 valence electrons. The van der Waals surface area contributed by atoms with Crippen LogP contribution in [-0.4, -0.2) is 68.2 Å². The molecule has 0 saturated carbocycles. The summed E-state index contributed by atoms with van der Waals surface area (Å²) < 4.78 is 26.6. The maximum Gasteiger partial charge on any atom is 0.243 e. The number of benzene rings is 1. The number of nitrogens with one attached hydrogen (secondary N) is 2. The largest absolute Gasteiger partial charge is 0.353 e. The van der Waals surface area contributed by atoms with Gasteiger partial charge in [-0.05, 0) is 64.9 Å². The Hall–Kier alpha value is -1.97. The van der Waals surface area contributed by atoms with Crippen molar-refractivity contribution in [3.63, 3.8) is 0 Å². The standard InChI is InChI=1S/C19H30N4O4S/c1-14(2)20-18(24)13-22(4)15(3)19(25)21-16-7-9-17(10-8-16)28(26,27)23-11-5-6-12-23/h7-10,14-15H,5-6,11-13H2,1-4H3,(H,20,24)(H,21,25)/t15-/m0/s1. The van der Waals surface area contributed by atoms with Gasteiger partial charge in [0.15, 0.2) is 0 Å². The van der Waals surface area contributed by atoms with Crippen molar-refractivity contribution < 1.29 is 18.0 Å². The predicted molar refractivity (Wildman–Crippen MR) is 108 cm³/mol. The SMILES string of the molecule is CC(C)NC(=O)CN(C)[C@@H](C)C(=O)Nc1ccc(S(=O)(=O)N2CCCC2)cc1. The molecule has 1 aliphatic rings. The summed E-state index contributed by atoms with van der Waals surface area (Å²) in [7, 11) is -1.77. The molecule has 0 spiro atoms. The van der Waals surface area contributed by atoms with Crippen LogP contribution in [0.15, 0.2) is 29.2 Å². The van der Waals surface area contributed by atoms with Crippen molar-refractivity contribution in [2.45, 2.75) is 50.6 Å². The van der Waals surface area contributed by atoms with Crippen molar-refractivity contribution >= 4 is 27.5 Å². The molecule has 2 rings (SSSR count). The molecular weight excluding hydrogens is 380 g/mol. The molecule has 2 amide bonds. The summed E-state index contributed by atoms with van der Waals surface area (Å²) in [6.45, 7) is 6.68. The Labute approximate surface area is 167 Å². The van der Waals surface area contributed by atoms with Crippen molar-refractivity contribution in [3.05, 3.63) is 24.3 Å². The monoisotopic (exact) mass is 410 g/mol. The summed E-state index contributed by atoms with van der Waals surface area (Å²) in [5.41, 5.74) is 0.511. The molecule has 1 fully saturated rings. The zero-order chi connectivity index (χ0) is 20.9. The molecule has 0 radical (unpaired) electrons. The summed E-state index contributed by atoms with van der Waals surface area (Å²) in [5.74, 6) is -0.413. The molecule has 0 aliphatic carbocycles. The number of rotatable bonds is 8. The van der Waals surface area contributed by atoms with E-state index >= 15 is 0 Å². The molecule has 1 atom stereocenters. The lowest BCUT2D eigenvalue weighted by molar-refractivity contribution is -0.125. The average Bonchev–Trinajstić information content (AvgIpc) is 3.16. The van der Waals surface area contributed by atoms with Crippen molar-refractivity contribution in [2.24, 2.45) is 0 Å². The van der Waals surface area contributed by atoms with Gasteiger partial charge in [0.2, 0.25) is 21.8 Å². The summed E-state index contributed by atoms with van der Waals surface area (Å²) in [4.78, 5) is 26.2. The average molecular weight is 411 g/mol. The third kappa shape index (κ3) is 5.76. The highest BCUT2D eigenvalue weighted by atomic mass is 32.2. The Bertz CT molecular complexity index is 787. The molecule has 8 nitrogen and oxygen atoms in total. The first kappa shape index (κ1) is 22.3. The highest BCUT2D eigenvalue weighted by Crippen LogP contribution is 2.22. The Balaban J connectivity index is 1.95. The van der Waals surface area contributed by atoms with Crippen molar-refractivity contribution in [3.8, 4) is 0 Å². The van der Waals surface area contributed by atoms with Gasteiger partial charge in [-0.3, -0.25) is 14.5 Å². The number of likely N-dealkylation sites (N-methyl/N-ethyl adjacent to an activating group) is 1. The predicted octanol–water partition coefficient (Wildman–Crippen LogP) is 1.25. The van der Waals surface area contributed by atoms with E-state index in [1.165, 1.54) is 16.4 Å². The minimum Gasteiger partial charge on any atom is -0.353 e. The maximum absolute atomic E-state index is 12.5. The molecule has 28 heavy (non-hydrogen) atoms. The van der Waals surface area contributed by atoms with Gasteiger partial charge in [-0.15, -0.1) is 0 Å². The smallest absolute Gasteiger partial charge is 0.243 e. The minimum absolute atomic E-state index is 0.0420. The number of amides is 2. The Morgan fingerprint density at radius 2 is 1.68 bits per heavy atom. The van der Waals surface area contributed by atoms with E-state index in [-0.39, 0.29) is 29.3 Å². The third-order valence-electron chi connectivity index (χ3n) is 4.71. The van der Waals surface area contributed by atoms with Crippen LogP contribution in [0.3, 0.4) is 0 Å². The number of carbonyl (C=O) groups is 2.